The van der Waals surface area contributed by atoms with Crippen LogP contribution in [0, 0.1) is 0 Å². The quantitative estimate of drug-likeness (QED) is 0.628. The minimum absolute atomic E-state index is 0.0696. The van der Waals surface area contributed by atoms with E-state index in [0.717, 1.165) is 49.1 Å². The smallest absolute Gasteiger partial charge is 0.235 e. The first-order valence-electron chi connectivity index (χ1n) is 9.88. The summed E-state index contributed by atoms with van der Waals surface area (Å²) in [5.74, 6) is 0.896. The summed E-state index contributed by atoms with van der Waals surface area (Å²) in [5.41, 5.74) is 1.38. The number of amides is 1. The molecule has 1 unspecified atom stereocenters. The predicted octanol–water partition coefficient (Wildman–Crippen LogP) is 6.36. The van der Waals surface area contributed by atoms with Gasteiger partial charge in [0, 0.05) is 10.7 Å². The standard InChI is InChI=1S/C23H28ClNO2/c1-3-17(2)27-21-13-11-20(12-14-21)25-22(26)23(15-5-4-6-16-23)18-7-9-19(24)10-8-18/h7-14,17H,3-6,15-16H2,1-2H3,(H,25,26). The Balaban J connectivity index is 1.78. The van der Waals surface area contributed by atoms with Gasteiger partial charge in [-0.05, 0) is 68.1 Å². The maximum Gasteiger partial charge on any atom is 0.235 e. The largest absolute Gasteiger partial charge is 0.491 e. The van der Waals surface area contributed by atoms with Crippen molar-refractivity contribution in [1.29, 1.82) is 0 Å². The Kier molecular flexibility index (Phi) is 6.43. The van der Waals surface area contributed by atoms with E-state index in [9.17, 15) is 4.79 Å². The molecule has 1 saturated carbocycles. The van der Waals surface area contributed by atoms with E-state index < -0.39 is 5.41 Å². The van der Waals surface area contributed by atoms with Gasteiger partial charge in [0.25, 0.3) is 0 Å². The van der Waals surface area contributed by atoms with E-state index in [0.29, 0.717) is 5.02 Å². The van der Waals surface area contributed by atoms with Crippen LogP contribution in [0.2, 0.25) is 5.02 Å². The highest BCUT2D eigenvalue weighted by molar-refractivity contribution is 6.30. The maximum atomic E-state index is 13.3. The van der Waals surface area contributed by atoms with Crippen LogP contribution in [-0.4, -0.2) is 12.0 Å². The Labute approximate surface area is 167 Å². The predicted molar refractivity (Wildman–Crippen MR) is 112 cm³/mol. The van der Waals surface area contributed by atoms with Crippen molar-refractivity contribution in [2.45, 2.75) is 63.9 Å². The van der Waals surface area contributed by atoms with Crippen molar-refractivity contribution < 1.29 is 9.53 Å². The fraction of sp³-hybridized carbons (Fsp3) is 0.435. The summed E-state index contributed by atoms with van der Waals surface area (Å²) in [6, 6.07) is 15.4. The van der Waals surface area contributed by atoms with Crippen LogP contribution in [0.3, 0.4) is 0 Å². The molecule has 1 aliphatic carbocycles. The molecule has 0 saturated heterocycles. The molecule has 0 bridgehead atoms. The zero-order chi connectivity index (χ0) is 19.3. The van der Waals surface area contributed by atoms with Crippen molar-refractivity contribution in [2.75, 3.05) is 5.32 Å². The number of hydrogen-bond donors (Lipinski definition) is 1. The Bertz CT molecular complexity index is 749. The zero-order valence-electron chi connectivity index (χ0n) is 16.1. The van der Waals surface area contributed by atoms with Crippen molar-refractivity contribution in [3.63, 3.8) is 0 Å². The van der Waals surface area contributed by atoms with Crippen LogP contribution in [0.15, 0.2) is 48.5 Å². The molecule has 3 nitrogen and oxygen atoms in total. The Morgan fingerprint density at radius 1 is 1.07 bits per heavy atom. The molecule has 0 heterocycles. The maximum absolute atomic E-state index is 13.3. The average molecular weight is 386 g/mol. The molecule has 1 N–H and O–H groups in total. The van der Waals surface area contributed by atoms with Crippen LogP contribution in [0.4, 0.5) is 5.69 Å². The summed E-state index contributed by atoms with van der Waals surface area (Å²) in [6.45, 7) is 4.15. The summed E-state index contributed by atoms with van der Waals surface area (Å²) >= 11 is 6.05. The van der Waals surface area contributed by atoms with Gasteiger partial charge in [-0.1, -0.05) is 49.9 Å². The number of hydrogen-bond acceptors (Lipinski definition) is 2. The summed E-state index contributed by atoms with van der Waals surface area (Å²) < 4.78 is 5.81. The summed E-state index contributed by atoms with van der Waals surface area (Å²) in [7, 11) is 0. The van der Waals surface area contributed by atoms with Crippen molar-refractivity contribution in [3.05, 3.63) is 59.1 Å². The number of benzene rings is 2. The van der Waals surface area contributed by atoms with Gasteiger partial charge in [-0.15, -0.1) is 0 Å². The van der Waals surface area contributed by atoms with Crippen molar-refractivity contribution >= 4 is 23.2 Å². The van der Waals surface area contributed by atoms with Crippen LogP contribution in [-0.2, 0) is 10.2 Å². The summed E-state index contributed by atoms with van der Waals surface area (Å²) in [4.78, 5) is 13.3. The van der Waals surface area contributed by atoms with Crippen molar-refractivity contribution in [1.82, 2.24) is 0 Å². The number of ether oxygens (including phenoxy) is 1. The molecular formula is C23H28ClNO2. The topological polar surface area (TPSA) is 38.3 Å². The number of carbonyl (C=O) groups excluding carboxylic acids is 1. The lowest BCUT2D eigenvalue weighted by Gasteiger charge is -2.36. The molecule has 1 aliphatic rings. The van der Waals surface area contributed by atoms with Gasteiger partial charge in [-0.3, -0.25) is 4.79 Å². The van der Waals surface area contributed by atoms with Gasteiger partial charge in [0.15, 0.2) is 0 Å². The van der Waals surface area contributed by atoms with Gasteiger partial charge in [0.1, 0.15) is 5.75 Å². The first kappa shape index (κ1) is 19.8. The molecule has 0 radical (unpaired) electrons. The minimum atomic E-state index is -0.477. The minimum Gasteiger partial charge on any atom is -0.491 e. The average Bonchev–Trinajstić information content (AvgIpc) is 2.70. The monoisotopic (exact) mass is 385 g/mol. The van der Waals surface area contributed by atoms with Crippen LogP contribution < -0.4 is 10.1 Å². The highest BCUT2D eigenvalue weighted by Gasteiger charge is 2.41. The fourth-order valence-electron chi connectivity index (χ4n) is 3.75. The van der Waals surface area contributed by atoms with E-state index in [-0.39, 0.29) is 12.0 Å². The van der Waals surface area contributed by atoms with Gasteiger partial charge in [-0.2, -0.15) is 0 Å². The van der Waals surface area contributed by atoms with Crippen LogP contribution >= 0.6 is 11.6 Å². The van der Waals surface area contributed by atoms with Crippen LogP contribution in [0.25, 0.3) is 0 Å². The number of rotatable bonds is 6. The number of anilines is 1. The second-order valence-corrected chi connectivity index (χ2v) is 7.90. The SMILES string of the molecule is CCC(C)Oc1ccc(NC(=O)C2(c3ccc(Cl)cc3)CCCCC2)cc1. The van der Waals surface area contributed by atoms with Gasteiger partial charge < -0.3 is 10.1 Å². The normalized spacial score (nSPS) is 17.1. The molecule has 4 heteroatoms. The first-order valence-corrected chi connectivity index (χ1v) is 10.3. The lowest BCUT2D eigenvalue weighted by Crippen LogP contribution is -2.42. The Hall–Kier alpha value is -2.00. The molecule has 3 rings (SSSR count). The molecule has 0 aromatic heterocycles. The molecule has 1 atom stereocenters. The number of carbonyl (C=O) groups is 1. The molecule has 1 fully saturated rings. The molecule has 2 aromatic carbocycles. The van der Waals surface area contributed by atoms with Gasteiger partial charge in [0.05, 0.1) is 11.5 Å². The van der Waals surface area contributed by atoms with E-state index in [1.54, 1.807) is 0 Å². The third-order valence-corrected chi connectivity index (χ3v) is 5.81. The lowest BCUT2D eigenvalue weighted by molar-refractivity contribution is -0.122. The zero-order valence-corrected chi connectivity index (χ0v) is 16.9. The van der Waals surface area contributed by atoms with Crippen molar-refractivity contribution in [3.8, 4) is 5.75 Å². The molecule has 1 amide bonds. The van der Waals surface area contributed by atoms with Crippen LogP contribution in [0.1, 0.15) is 57.9 Å². The molecule has 0 spiro atoms. The lowest BCUT2D eigenvalue weighted by atomic mass is 9.68. The third-order valence-electron chi connectivity index (χ3n) is 5.56. The fourth-order valence-corrected chi connectivity index (χ4v) is 3.88. The first-order chi connectivity index (χ1) is 13.0. The summed E-state index contributed by atoms with van der Waals surface area (Å²) in [6.07, 6.45) is 6.20. The van der Waals surface area contributed by atoms with E-state index >= 15 is 0 Å². The van der Waals surface area contributed by atoms with E-state index in [1.807, 2.05) is 48.5 Å². The third kappa shape index (κ3) is 4.65. The van der Waals surface area contributed by atoms with Gasteiger partial charge in [-0.25, -0.2) is 0 Å². The van der Waals surface area contributed by atoms with E-state index in [1.165, 1.54) is 6.42 Å². The van der Waals surface area contributed by atoms with E-state index in [2.05, 4.69) is 19.2 Å². The van der Waals surface area contributed by atoms with Crippen molar-refractivity contribution in [2.24, 2.45) is 0 Å². The molecular weight excluding hydrogens is 358 g/mol. The van der Waals surface area contributed by atoms with Gasteiger partial charge >= 0.3 is 0 Å². The highest BCUT2D eigenvalue weighted by atomic mass is 35.5. The second-order valence-electron chi connectivity index (χ2n) is 7.46. The highest BCUT2D eigenvalue weighted by Crippen LogP contribution is 2.41. The van der Waals surface area contributed by atoms with E-state index in [4.69, 9.17) is 16.3 Å². The number of nitrogens with one attached hydrogen (secondary N) is 1. The molecule has 0 aliphatic heterocycles. The van der Waals surface area contributed by atoms with Gasteiger partial charge in [0.2, 0.25) is 5.91 Å². The molecule has 2 aromatic rings. The number of halogens is 1. The second kappa shape index (κ2) is 8.79. The molecule has 144 valence electrons. The molecule has 27 heavy (non-hydrogen) atoms. The Morgan fingerprint density at radius 3 is 2.30 bits per heavy atom. The summed E-state index contributed by atoms with van der Waals surface area (Å²) in [5, 5.41) is 3.83. The Morgan fingerprint density at radius 2 is 1.70 bits per heavy atom. The van der Waals surface area contributed by atoms with Crippen LogP contribution in [0.5, 0.6) is 5.75 Å².